The minimum atomic E-state index is -0.757. The minimum absolute atomic E-state index is 0.289. The van der Waals surface area contributed by atoms with Gasteiger partial charge in [-0.25, -0.2) is 0 Å². The van der Waals surface area contributed by atoms with Crippen LogP contribution in [0.2, 0.25) is 0 Å². The summed E-state index contributed by atoms with van der Waals surface area (Å²) in [5.41, 5.74) is 1.81. The Balaban J connectivity index is 1.46. The number of amides is 3. The lowest BCUT2D eigenvalue weighted by Gasteiger charge is -2.19. The lowest BCUT2D eigenvalue weighted by molar-refractivity contribution is -0.154. The third-order valence-corrected chi connectivity index (χ3v) is 5.96. The number of anilines is 1. The highest BCUT2D eigenvalue weighted by atomic mass is 16.5. The summed E-state index contributed by atoms with van der Waals surface area (Å²) in [5, 5.41) is 2.67. The minimum Gasteiger partial charge on any atom is -0.454 e. The van der Waals surface area contributed by atoms with E-state index in [0.717, 1.165) is 24.2 Å². The van der Waals surface area contributed by atoms with Crippen LogP contribution in [0.5, 0.6) is 0 Å². The molecular weight excluding hydrogens is 372 g/mol. The zero-order valence-electron chi connectivity index (χ0n) is 17.0. The van der Waals surface area contributed by atoms with Crippen molar-refractivity contribution in [1.82, 2.24) is 4.90 Å². The molecule has 0 aromatic heterocycles. The monoisotopic (exact) mass is 400 g/mol. The van der Waals surface area contributed by atoms with Gasteiger partial charge in [-0.1, -0.05) is 38.8 Å². The van der Waals surface area contributed by atoms with Crippen molar-refractivity contribution in [3.8, 4) is 0 Å². The number of imide groups is 1. The second kappa shape index (κ2) is 9.20. The van der Waals surface area contributed by atoms with Crippen LogP contribution in [-0.4, -0.2) is 41.7 Å². The van der Waals surface area contributed by atoms with Gasteiger partial charge in [-0.05, 0) is 42.9 Å². The predicted octanol–water partition coefficient (Wildman–Crippen LogP) is 2.86. The van der Waals surface area contributed by atoms with Crippen LogP contribution in [0.4, 0.5) is 5.69 Å². The molecule has 7 heteroatoms. The Morgan fingerprint density at radius 3 is 2.24 bits per heavy atom. The van der Waals surface area contributed by atoms with Gasteiger partial charge in [0.15, 0.2) is 6.61 Å². The standard InChI is InChI=1S/C22H28N2O5/c1-3-14(2)15-8-10-16(11-9-15)23-19(25)13-29-20(26)12-24-21(27)17-6-4-5-7-18(17)22(24)28/h8-11,14,17-18H,3-7,12-13H2,1-2H3,(H,23,25)/t14-,17+,18+/m1/s1. The number of hydrogen-bond donors (Lipinski definition) is 1. The third kappa shape index (κ3) is 4.83. The summed E-state index contributed by atoms with van der Waals surface area (Å²) in [7, 11) is 0. The van der Waals surface area contributed by atoms with Crippen LogP contribution in [0.1, 0.15) is 57.4 Å². The van der Waals surface area contributed by atoms with Gasteiger partial charge in [-0.3, -0.25) is 24.1 Å². The van der Waals surface area contributed by atoms with E-state index >= 15 is 0 Å². The molecule has 1 saturated heterocycles. The number of carbonyl (C=O) groups is 4. The Kier molecular flexibility index (Phi) is 6.67. The smallest absolute Gasteiger partial charge is 0.326 e. The van der Waals surface area contributed by atoms with Gasteiger partial charge in [-0.2, -0.15) is 0 Å². The number of nitrogens with one attached hydrogen (secondary N) is 1. The van der Waals surface area contributed by atoms with Gasteiger partial charge in [0, 0.05) is 5.69 Å². The summed E-state index contributed by atoms with van der Waals surface area (Å²) in [6, 6.07) is 7.54. The Morgan fingerprint density at radius 1 is 1.10 bits per heavy atom. The van der Waals surface area contributed by atoms with Crippen molar-refractivity contribution < 1.29 is 23.9 Å². The van der Waals surface area contributed by atoms with Crippen molar-refractivity contribution in [1.29, 1.82) is 0 Å². The Bertz CT molecular complexity index is 765. The van der Waals surface area contributed by atoms with Gasteiger partial charge in [0.2, 0.25) is 11.8 Å². The van der Waals surface area contributed by atoms with Crippen LogP contribution in [-0.2, 0) is 23.9 Å². The molecule has 1 saturated carbocycles. The Morgan fingerprint density at radius 2 is 1.69 bits per heavy atom. The van der Waals surface area contributed by atoms with E-state index in [1.54, 1.807) is 0 Å². The average Bonchev–Trinajstić information content (AvgIpc) is 2.97. The first-order valence-corrected chi connectivity index (χ1v) is 10.3. The number of likely N-dealkylation sites (tertiary alicyclic amines) is 1. The largest absolute Gasteiger partial charge is 0.454 e. The summed E-state index contributed by atoms with van der Waals surface area (Å²) in [6.45, 7) is 3.36. The van der Waals surface area contributed by atoms with Crippen LogP contribution >= 0.6 is 0 Å². The maximum Gasteiger partial charge on any atom is 0.326 e. The molecule has 2 fully saturated rings. The van der Waals surface area contributed by atoms with Crippen LogP contribution in [0.3, 0.4) is 0 Å². The van der Waals surface area contributed by atoms with Gasteiger partial charge in [-0.15, -0.1) is 0 Å². The summed E-state index contributed by atoms with van der Waals surface area (Å²) >= 11 is 0. The van der Waals surface area contributed by atoms with Gasteiger partial charge in [0.25, 0.3) is 5.91 Å². The van der Waals surface area contributed by atoms with Crippen molar-refractivity contribution in [2.24, 2.45) is 11.8 Å². The molecule has 1 aliphatic heterocycles. The maximum atomic E-state index is 12.4. The van der Waals surface area contributed by atoms with E-state index in [2.05, 4.69) is 19.2 Å². The lowest BCUT2D eigenvalue weighted by Crippen LogP contribution is -2.37. The first-order chi connectivity index (χ1) is 13.9. The highest BCUT2D eigenvalue weighted by molar-refractivity contribution is 6.07. The molecule has 0 spiro atoms. The predicted molar refractivity (Wildman–Crippen MR) is 107 cm³/mol. The van der Waals surface area contributed by atoms with Crippen LogP contribution in [0.25, 0.3) is 0 Å². The molecule has 156 valence electrons. The lowest BCUT2D eigenvalue weighted by atomic mass is 9.81. The fourth-order valence-electron chi connectivity index (χ4n) is 4.04. The molecular formula is C22H28N2O5. The van der Waals surface area contributed by atoms with E-state index in [1.165, 1.54) is 5.56 Å². The normalized spacial score (nSPS) is 22.2. The number of rotatable bonds is 7. The number of fused-ring (bicyclic) bond motifs is 1. The van der Waals surface area contributed by atoms with E-state index in [1.807, 2.05) is 24.3 Å². The summed E-state index contributed by atoms with van der Waals surface area (Å²) in [5.74, 6) is -1.96. The van der Waals surface area contributed by atoms with Crippen molar-refractivity contribution in [2.45, 2.75) is 51.9 Å². The number of hydrogen-bond acceptors (Lipinski definition) is 5. The Labute approximate surface area is 170 Å². The van der Waals surface area contributed by atoms with E-state index in [4.69, 9.17) is 4.74 Å². The zero-order chi connectivity index (χ0) is 21.0. The van der Waals surface area contributed by atoms with E-state index < -0.39 is 25.0 Å². The molecule has 29 heavy (non-hydrogen) atoms. The van der Waals surface area contributed by atoms with Crippen molar-refractivity contribution >= 4 is 29.4 Å². The SMILES string of the molecule is CC[C@@H](C)c1ccc(NC(=O)COC(=O)CN2C(=O)[C@H]3CCCC[C@@H]3C2=O)cc1. The van der Waals surface area contributed by atoms with Gasteiger partial charge < -0.3 is 10.1 Å². The molecule has 1 N–H and O–H groups in total. The molecule has 1 aliphatic carbocycles. The average molecular weight is 400 g/mol. The van der Waals surface area contributed by atoms with Crippen LogP contribution in [0, 0.1) is 11.8 Å². The van der Waals surface area contributed by atoms with E-state index in [-0.39, 0.29) is 23.7 Å². The van der Waals surface area contributed by atoms with Crippen molar-refractivity contribution in [3.63, 3.8) is 0 Å². The number of nitrogens with zero attached hydrogens (tertiary/aromatic N) is 1. The van der Waals surface area contributed by atoms with Crippen LogP contribution in [0.15, 0.2) is 24.3 Å². The molecule has 0 radical (unpaired) electrons. The molecule has 0 unspecified atom stereocenters. The summed E-state index contributed by atoms with van der Waals surface area (Å²) < 4.78 is 4.97. The second-order valence-corrected chi connectivity index (χ2v) is 7.90. The molecule has 2 aliphatic rings. The van der Waals surface area contributed by atoms with Crippen molar-refractivity contribution in [3.05, 3.63) is 29.8 Å². The van der Waals surface area contributed by atoms with Gasteiger partial charge >= 0.3 is 5.97 Å². The number of carbonyl (C=O) groups excluding carboxylic acids is 4. The van der Waals surface area contributed by atoms with Gasteiger partial charge in [0.1, 0.15) is 6.54 Å². The molecule has 7 nitrogen and oxygen atoms in total. The molecule has 0 bridgehead atoms. The number of esters is 1. The topological polar surface area (TPSA) is 92.8 Å². The zero-order valence-corrected chi connectivity index (χ0v) is 17.0. The summed E-state index contributed by atoms with van der Waals surface area (Å²) in [6.07, 6.45) is 4.27. The fourth-order valence-corrected chi connectivity index (χ4v) is 4.04. The van der Waals surface area contributed by atoms with Crippen LogP contribution < -0.4 is 5.32 Å². The first kappa shape index (κ1) is 21.0. The fraction of sp³-hybridized carbons (Fsp3) is 0.545. The summed E-state index contributed by atoms with van der Waals surface area (Å²) in [4.78, 5) is 49.8. The maximum absolute atomic E-state index is 12.4. The molecule has 1 aromatic carbocycles. The van der Waals surface area contributed by atoms with Crippen molar-refractivity contribution in [2.75, 3.05) is 18.5 Å². The number of ether oxygens (including phenoxy) is 1. The number of benzene rings is 1. The van der Waals surface area contributed by atoms with E-state index in [9.17, 15) is 19.2 Å². The highest BCUT2D eigenvalue weighted by Crippen LogP contribution is 2.37. The molecule has 3 atom stereocenters. The van der Waals surface area contributed by atoms with Gasteiger partial charge in [0.05, 0.1) is 11.8 Å². The molecule has 1 aromatic rings. The van der Waals surface area contributed by atoms with E-state index in [0.29, 0.717) is 24.4 Å². The first-order valence-electron chi connectivity index (χ1n) is 10.3. The molecule has 3 rings (SSSR count). The highest BCUT2D eigenvalue weighted by Gasteiger charge is 2.48. The molecule has 3 amide bonds. The second-order valence-electron chi connectivity index (χ2n) is 7.90. The Hall–Kier alpha value is -2.70. The third-order valence-electron chi connectivity index (χ3n) is 5.96. The quantitative estimate of drug-likeness (QED) is 0.561. The molecule has 1 heterocycles.